The molecule has 2 aliphatic rings. The van der Waals surface area contributed by atoms with Gasteiger partial charge < -0.3 is 14.2 Å². The Kier molecular flexibility index (Phi) is 5.68. The average Bonchev–Trinajstić information content (AvgIpc) is 3.30. The third-order valence-electron chi connectivity index (χ3n) is 5.86. The summed E-state index contributed by atoms with van der Waals surface area (Å²) in [6.07, 6.45) is -0.231. The van der Waals surface area contributed by atoms with E-state index in [0.29, 0.717) is 40.9 Å². The van der Waals surface area contributed by atoms with Crippen LogP contribution in [0.15, 0.2) is 71.8 Å². The van der Waals surface area contributed by atoms with Gasteiger partial charge in [0.2, 0.25) is 5.78 Å². The number of carbonyl (C=O) groups excluding carboxylic acids is 1. The number of rotatable bonds is 6. The second-order valence-electron chi connectivity index (χ2n) is 7.83. The number of hydrogen-bond donors (Lipinski definition) is 0. The Morgan fingerprint density at radius 3 is 2.67 bits per heavy atom. The molecule has 3 aromatic carbocycles. The van der Waals surface area contributed by atoms with E-state index in [1.165, 1.54) is 0 Å². The van der Waals surface area contributed by atoms with Gasteiger partial charge in [-0.3, -0.25) is 4.79 Å². The number of benzene rings is 3. The molecule has 2 aliphatic heterocycles. The van der Waals surface area contributed by atoms with Gasteiger partial charge in [0, 0.05) is 17.5 Å². The fourth-order valence-corrected chi connectivity index (χ4v) is 4.47. The molecule has 0 saturated heterocycles. The summed E-state index contributed by atoms with van der Waals surface area (Å²) < 4.78 is 16.9. The molecule has 0 spiro atoms. The SMILES string of the molecule is CCOc1ccc(C2=NN3C(C(=O)c4ccc(OC)cc4)Oc4ccccc4C3C2)cc1Cl. The molecule has 0 amide bonds. The Hall–Kier alpha value is -3.51. The maximum atomic E-state index is 13.5. The van der Waals surface area contributed by atoms with E-state index in [1.807, 2.05) is 49.4 Å². The minimum Gasteiger partial charge on any atom is -0.497 e. The van der Waals surface area contributed by atoms with Crippen LogP contribution in [-0.4, -0.2) is 36.4 Å². The topological polar surface area (TPSA) is 60.4 Å². The van der Waals surface area contributed by atoms with Crippen molar-refractivity contribution in [3.8, 4) is 17.2 Å². The summed E-state index contributed by atoms with van der Waals surface area (Å²) in [6, 6.07) is 20.4. The van der Waals surface area contributed by atoms with Crippen LogP contribution in [0.4, 0.5) is 0 Å². The standard InChI is InChI=1S/C26H23ClN2O4/c1-3-32-24-13-10-17(14-20(24)27)21-15-22-19-6-4-5-7-23(19)33-26(29(22)28-21)25(30)16-8-11-18(31-2)12-9-16/h4-14,22,26H,3,15H2,1-2H3. The zero-order valence-corrected chi connectivity index (χ0v) is 19.1. The smallest absolute Gasteiger partial charge is 0.251 e. The highest BCUT2D eigenvalue weighted by Crippen LogP contribution is 2.44. The van der Waals surface area contributed by atoms with Crippen molar-refractivity contribution >= 4 is 23.1 Å². The molecule has 6 nitrogen and oxygen atoms in total. The van der Waals surface area contributed by atoms with Gasteiger partial charge in [0.25, 0.3) is 6.23 Å². The van der Waals surface area contributed by atoms with Gasteiger partial charge in [0.1, 0.15) is 17.2 Å². The number of ketones is 1. The van der Waals surface area contributed by atoms with Crippen molar-refractivity contribution in [3.63, 3.8) is 0 Å². The monoisotopic (exact) mass is 462 g/mol. The number of carbonyl (C=O) groups is 1. The number of nitrogens with zero attached hydrogens (tertiary/aromatic N) is 2. The van der Waals surface area contributed by atoms with E-state index in [2.05, 4.69) is 0 Å². The van der Waals surface area contributed by atoms with Crippen molar-refractivity contribution in [2.75, 3.05) is 13.7 Å². The van der Waals surface area contributed by atoms with Crippen molar-refractivity contribution in [2.45, 2.75) is 25.6 Å². The van der Waals surface area contributed by atoms with Crippen molar-refractivity contribution < 1.29 is 19.0 Å². The Morgan fingerprint density at radius 1 is 1.15 bits per heavy atom. The first-order valence-corrected chi connectivity index (χ1v) is 11.2. The highest BCUT2D eigenvalue weighted by Gasteiger charge is 2.43. The molecule has 7 heteroatoms. The van der Waals surface area contributed by atoms with Crippen LogP contribution >= 0.6 is 11.6 Å². The number of Topliss-reactive ketones (excluding diaryl/α,β-unsaturated/α-hetero) is 1. The van der Waals surface area contributed by atoms with Crippen molar-refractivity contribution in [3.05, 3.63) is 88.4 Å². The molecular weight excluding hydrogens is 440 g/mol. The summed E-state index contributed by atoms with van der Waals surface area (Å²) in [5.41, 5.74) is 3.28. The third kappa shape index (κ3) is 3.91. The maximum Gasteiger partial charge on any atom is 0.251 e. The number of hydrazone groups is 1. The average molecular weight is 463 g/mol. The van der Waals surface area contributed by atoms with E-state index >= 15 is 0 Å². The fourth-order valence-electron chi connectivity index (χ4n) is 4.23. The van der Waals surface area contributed by atoms with Crippen molar-refractivity contribution in [2.24, 2.45) is 5.10 Å². The van der Waals surface area contributed by atoms with Crippen molar-refractivity contribution in [1.82, 2.24) is 5.01 Å². The Labute approximate surface area is 197 Å². The minimum atomic E-state index is -0.867. The molecule has 0 fully saturated rings. The Balaban J connectivity index is 1.51. The maximum absolute atomic E-state index is 13.5. The lowest BCUT2D eigenvalue weighted by Gasteiger charge is -2.37. The summed E-state index contributed by atoms with van der Waals surface area (Å²) in [4.78, 5) is 13.5. The lowest BCUT2D eigenvalue weighted by atomic mass is 9.95. The normalized spacial score (nSPS) is 18.6. The number of halogens is 1. The van der Waals surface area contributed by atoms with E-state index in [9.17, 15) is 4.79 Å². The highest BCUT2D eigenvalue weighted by molar-refractivity contribution is 6.32. The van der Waals surface area contributed by atoms with E-state index < -0.39 is 6.23 Å². The van der Waals surface area contributed by atoms with E-state index in [1.54, 1.807) is 36.4 Å². The van der Waals surface area contributed by atoms with E-state index in [0.717, 1.165) is 16.8 Å². The summed E-state index contributed by atoms with van der Waals surface area (Å²) in [6.45, 7) is 2.46. The molecule has 0 bridgehead atoms. The van der Waals surface area contributed by atoms with E-state index in [-0.39, 0.29) is 11.8 Å². The first kappa shape index (κ1) is 21.3. The summed E-state index contributed by atoms with van der Waals surface area (Å²) in [5, 5.41) is 7.14. The molecule has 0 radical (unpaired) electrons. The van der Waals surface area contributed by atoms with Gasteiger partial charge >= 0.3 is 0 Å². The summed E-state index contributed by atoms with van der Waals surface area (Å²) >= 11 is 6.42. The van der Waals surface area contributed by atoms with Crippen LogP contribution in [0, 0.1) is 0 Å². The second-order valence-corrected chi connectivity index (χ2v) is 8.23. The first-order valence-electron chi connectivity index (χ1n) is 10.8. The number of fused-ring (bicyclic) bond motifs is 3. The molecule has 0 N–H and O–H groups in total. The molecule has 3 aromatic rings. The number of hydrogen-bond acceptors (Lipinski definition) is 6. The van der Waals surface area contributed by atoms with Gasteiger partial charge in [-0.2, -0.15) is 5.10 Å². The van der Waals surface area contributed by atoms with Gasteiger partial charge in [-0.1, -0.05) is 29.8 Å². The van der Waals surface area contributed by atoms with Gasteiger partial charge in [-0.25, -0.2) is 5.01 Å². The van der Waals surface area contributed by atoms with Crippen molar-refractivity contribution in [1.29, 1.82) is 0 Å². The van der Waals surface area contributed by atoms with Crippen LogP contribution in [-0.2, 0) is 0 Å². The van der Waals surface area contributed by atoms with Crippen LogP contribution in [0.3, 0.4) is 0 Å². The largest absolute Gasteiger partial charge is 0.497 e. The molecule has 0 aliphatic carbocycles. The van der Waals surface area contributed by atoms with Crippen LogP contribution in [0.25, 0.3) is 0 Å². The van der Waals surface area contributed by atoms with Crippen LogP contribution in [0.1, 0.15) is 40.9 Å². The fraction of sp³-hybridized carbons (Fsp3) is 0.231. The lowest BCUT2D eigenvalue weighted by molar-refractivity contribution is -0.00455. The summed E-state index contributed by atoms with van der Waals surface area (Å²) in [5.74, 6) is 1.87. The predicted octanol–water partition coefficient (Wildman–Crippen LogP) is 5.50. The highest BCUT2D eigenvalue weighted by atomic mass is 35.5. The molecular formula is C26H23ClN2O4. The third-order valence-corrected chi connectivity index (χ3v) is 6.16. The minimum absolute atomic E-state index is 0.109. The van der Waals surface area contributed by atoms with Gasteiger partial charge in [-0.15, -0.1) is 0 Å². The first-order chi connectivity index (χ1) is 16.1. The van der Waals surface area contributed by atoms with Crippen LogP contribution in [0.5, 0.6) is 17.2 Å². The Bertz CT molecular complexity index is 1230. The lowest BCUT2D eigenvalue weighted by Crippen LogP contribution is -2.45. The van der Waals surface area contributed by atoms with Gasteiger partial charge in [-0.05, 0) is 61.0 Å². The van der Waals surface area contributed by atoms with Gasteiger partial charge in [0.05, 0.1) is 30.5 Å². The Morgan fingerprint density at radius 2 is 1.94 bits per heavy atom. The second kappa shape index (κ2) is 8.79. The number of ether oxygens (including phenoxy) is 3. The van der Waals surface area contributed by atoms with Crippen LogP contribution < -0.4 is 14.2 Å². The predicted molar refractivity (Wildman–Crippen MR) is 127 cm³/mol. The molecule has 2 unspecified atom stereocenters. The molecule has 168 valence electrons. The molecule has 5 rings (SSSR count). The molecule has 2 atom stereocenters. The summed E-state index contributed by atoms with van der Waals surface area (Å²) in [7, 11) is 1.59. The van der Waals surface area contributed by atoms with E-state index in [4.69, 9.17) is 30.9 Å². The zero-order chi connectivity index (χ0) is 22.9. The molecule has 0 aromatic heterocycles. The quantitative estimate of drug-likeness (QED) is 0.453. The molecule has 0 saturated carbocycles. The van der Waals surface area contributed by atoms with Crippen LogP contribution in [0.2, 0.25) is 5.02 Å². The number of para-hydroxylation sites is 1. The molecule has 33 heavy (non-hydrogen) atoms. The molecule has 2 heterocycles. The van der Waals surface area contributed by atoms with Gasteiger partial charge in [0.15, 0.2) is 0 Å². The number of methoxy groups -OCH3 is 1. The zero-order valence-electron chi connectivity index (χ0n) is 18.3.